The lowest BCUT2D eigenvalue weighted by Gasteiger charge is -2.17. The molecule has 0 heterocycles. The maximum absolute atomic E-state index is 12.5. The summed E-state index contributed by atoms with van der Waals surface area (Å²) < 4.78 is 23.0. The quantitative estimate of drug-likeness (QED) is 0.530. The molecule has 26 heavy (non-hydrogen) atoms. The number of carboxylic acid groups (broad SMARTS) is 1. The third-order valence-corrected chi connectivity index (χ3v) is 5.75. The van der Waals surface area contributed by atoms with Gasteiger partial charge in [-0.1, -0.05) is 31.9 Å². The molecule has 0 unspecified atom stereocenters. The van der Waals surface area contributed by atoms with E-state index in [-0.39, 0.29) is 19.4 Å². The molecule has 0 spiro atoms. The van der Waals surface area contributed by atoms with Crippen LogP contribution in [-0.4, -0.2) is 36.2 Å². The summed E-state index contributed by atoms with van der Waals surface area (Å²) in [5, 5.41) is 11.7. The van der Waals surface area contributed by atoms with Gasteiger partial charge >= 0.3 is 13.6 Å². The standard InChI is InChI=1S/C18H28NO6P/c1-4-7-8-16(18(21)22)19-17(20)15-11-9-14(10-12-15)13-26(23,24-5-2)25-6-3/h9-12,16H,4-8,13H2,1-3H3,(H,19,20)(H,21,22)/t16-/m0/s1. The van der Waals surface area contributed by atoms with Crippen LogP contribution in [0.3, 0.4) is 0 Å². The van der Waals surface area contributed by atoms with E-state index in [0.29, 0.717) is 17.5 Å². The molecule has 7 nitrogen and oxygen atoms in total. The molecular formula is C18H28NO6P. The van der Waals surface area contributed by atoms with E-state index in [4.69, 9.17) is 9.05 Å². The van der Waals surface area contributed by atoms with Gasteiger partial charge in [0.05, 0.1) is 19.4 Å². The molecule has 0 saturated heterocycles. The molecule has 2 N–H and O–H groups in total. The summed E-state index contributed by atoms with van der Waals surface area (Å²) in [6.07, 6.45) is 2.08. The van der Waals surface area contributed by atoms with E-state index in [2.05, 4.69) is 5.32 Å². The van der Waals surface area contributed by atoms with Gasteiger partial charge in [-0.3, -0.25) is 9.36 Å². The van der Waals surface area contributed by atoms with Crippen LogP contribution >= 0.6 is 7.60 Å². The van der Waals surface area contributed by atoms with Crippen LogP contribution in [0.2, 0.25) is 0 Å². The second-order valence-electron chi connectivity index (χ2n) is 5.81. The number of hydrogen-bond acceptors (Lipinski definition) is 5. The molecule has 1 aromatic carbocycles. The minimum absolute atomic E-state index is 0.116. The molecule has 1 rings (SSSR count). The van der Waals surface area contributed by atoms with Gasteiger partial charge in [-0.25, -0.2) is 4.79 Å². The Labute approximate surface area is 154 Å². The molecule has 8 heteroatoms. The number of carboxylic acids is 1. The van der Waals surface area contributed by atoms with Crippen molar-refractivity contribution in [3.8, 4) is 0 Å². The lowest BCUT2D eigenvalue weighted by molar-refractivity contribution is -0.139. The van der Waals surface area contributed by atoms with E-state index in [1.807, 2.05) is 6.92 Å². The van der Waals surface area contributed by atoms with Gasteiger partial charge in [-0.2, -0.15) is 0 Å². The van der Waals surface area contributed by atoms with Crippen molar-refractivity contribution in [2.24, 2.45) is 0 Å². The number of amides is 1. The van der Waals surface area contributed by atoms with Crippen molar-refractivity contribution < 1.29 is 28.3 Å². The molecule has 0 fully saturated rings. The maximum Gasteiger partial charge on any atom is 0.335 e. The van der Waals surface area contributed by atoms with Crippen molar-refractivity contribution in [3.63, 3.8) is 0 Å². The van der Waals surface area contributed by atoms with E-state index >= 15 is 0 Å². The molecule has 0 saturated carbocycles. The number of carbonyl (C=O) groups is 2. The summed E-state index contributed by atoms with van der Waals surface area (Å²) >= 11 is 0. The van der Waals surface area contributed by atoms with Crippen LogP contribution in [0, 0.1) is 0 Å². The highest BCUT2D eigenvalue weighted by atomic mass is 31.2. The third-order valence-electron chi connectivity index (χ3n) is 3.69. The van der Waals surface area contributed by atoms with Gasteiger partial charge in [0.25, 0.3) is 5.91 Å². The summed E-state index contributed by atoms with van der Waals surface area (Å²) in [6, 6.07) is 5.58. The van der Waals surface area contributed by atoms with Gasteiger partial charge in [0.2, 0.25) is 0 Å². The Balaban J connectivity index is 2.77. The second-order valence-corrected chi connectivity index (χ2v) is 7.86. The Bertz CT molecular complexity index is 621. The smallest absolute Gasteiger partial charge is 0.335 e. The molecule has 0 aliphatic heterocycles. The van der Waals surface area contributed by atoms with Crippen LogP contribution in [0.15, 0.2) is 24.3 Å². The zero-order chi connectivity index (χ0) is 19.6. The Morgan fingerprint density at radius 2 is 1.69 bits per heavy atom. The van der Waals surface area contributed by atoms with Gasteiger partial charge < -0.3 is 19.5 Å². The van der Waals surface area contributed by atoms with E-state index < -0.39 is 25.5 Å². The fourth-order valence-electron chi connectivity index (χ4n) is 2.41. The molecule has 1 amide bonds. The molecular weight excluding hydrogens is 357 g/mol. The van der Waals surface area contributed by atoms with Crippen molar-refractivity contribution in [2.75, 3.05) is 13.2 Å². The van der Waals surface area contributed by atoms with Gasteiger partial charge in [0, 0.05) is 5.56 Å². The second kappa shape index (κ2) is 11.1. The Morgan fingerprint density at radius 3 is 2.15 bits per heavy atom. The summed E-state index contributed by atoms with van der Waals surface area (Å²) in [7, 11) is -3.21. The van der Waals surface area contributed by atoms with Crippen molar-refractivity contribution in [2.45, 2.75) is 52.2 Å². The third kappa shape index (κ3) is 7.28. The predicted octanol–water partition coefficient (Wildman–Crippen LogP) is 3.83. The summed E-state index contributed by atoms with van der Waals surface area (Å²) in [5.74, 6) is -1.49. The normalized spacial score (nSPS) is 12.6. The van der Waals surface area contributed by atoms with E-state index in [1.54, 1.807) is 38.1 Å². The zero-order valence-corrected chi connectivity index (χ0v) is 16.5. The van der Waals surface area contributed by atoms with Gasteiger partial charge in [-0.05, 0) is 38.0 Å². The van der Waals surface area contributed by atoms with Crippen molar-refractivity contribution in [1.29, 1.82) is 0 Å². The monoisotopic (exact) mass is 385 g/mol. The van der Waals surface area contributed by atoms with Crippen molar-refractivity contribution in [1.82, 2.24) is 5.32 Å². The van der Waals surface area contributed by atoms with E-state index in [0.717, 1.165) is 12.8 Å². The summed E-state index contributed by atoms with van der Waals surface area (Å²) in [5.41, 5.74) is 1.06. The number of hydrogen-bond donors (Lipinski definition) is 2. The van der Waals surface area contributed by atoms with Crippen LogP contribution in [0.1, 0.15) is 56.0 Å². The average molecular weight is 385 g/mol. The molecule has 1 atom stereocenters. The summed E-state index contributed by atoms with van der Waals surface area (Å²) in [6.45, 7) is 6.02. The van der Waals surface area contributed by atoms with E-state index in [9.17, 15) is 19.3 Å². The molecule has 146 valence electrons. The topological polar surface area (TPSA) is 102 Å². The Hall–Kier alpha value is -1.69. The highest BCUT2D eigenvalue weighted by molar-refractivity contribution is 7.53. The molecule has 0 radical (unpaired) electrons. The highest BCUT2D eigenvalue weighted by Crippen LogP contribution is 2.51. The van der Waals surface area contributed by atoms with Crippen LogP contribution in [0.4, 0.5) is 0 Å². The van der Waals surface area contributed by atoms with Gasteiger partial charge in [-0.15, -0.1) is 0 Å². The summed E-state index contributed by atoms with van der Waals surface area (Å²) in [4.78, 5) is 23.5. The first kappa shape index (κ1) is 22.4. The molecule has 0 aliphatic rings. The molecule has 0 aromatic heterocycles. The first-order chi connectivity index (χ1) is 12.3. The van der Waals surface area contributed by atoms with Crippen LogP contribution in [0.5, 0.6) is 0 Å². The molecule has 0 bridgehead atoms. The largest absolute Gasteiger partial charge is 0.480 e. The highest BCUT2D eigenvalue weighted by Gasteiger charge is 2.24. The Kier molecular flexibility index (Phi) is 9.55. The van der Waals surface area contributed by atoms with Gasteiger partial charge in [0.1, 0.15) is 6.04 Å². The van der Waals surface area contributed by atoms with E-state index in [1.165, 1.54) is 0 Å². The number of unbranched alkanes of at least 4 members (excludes halogenated alkanes) is 1. The van der Waals surface area contributed by atoms with Crippen LogP contribution < -0.4 is 5.32 Å². The fraction of sp³-hybridized carbons (Fsp3) is 0.556. The fourth-order valence-corrected chi connectivity index (χ4v) is 4.12. The number of benzene rings is 1. The first-order valence-corrected chi connectivity index (χ1v) is 10.6. The van der Waals surface area contributed by atoms with Gasteiger partial charge in [0.15, 0.2) is 0 Å². The van der Waals surface area contributed by atoms with Crippen LogP contribution in [-0.2, 0) is 24.6 Å². The number of rotatable bonds is 12. The molecule has 1 aromatic rings. The van der Waals surface area contributed by atoms with Crippen molar-refractivity contribution >= 4 is 19.5 Å². The lowest BCUT2D eigenvalue weighted by Crippen LogP contribution is -2.40. The maximum atomic E-state index is 12.5. The zero-order valence-electron chi connectivity index (χ0n) is 15.6. The first-order valence-electron chi connectivity index (χ1n) is 8.85. The molecule has 0 aliphatic carbocycles. The van der Waals surface area contributed by atoms with Crippen LogP contribution in [0.25, 0.3) is 0 Å². The minimum atomic E-state index is -3.21. The lowest BCUT2D eigenvalue weighted by atomic mass is 10.1. The number of nitrogens with one attached hydrogen (secondary N) is 1. The SMILES string of the molecule is CCCC[C@H](NC(=O)c1ccc(CP(=O)(OCC)OCC)cc1)C(=O)O. The Morgan fingerprint density at radius 1 is 1.12 bits per heavy atom. The minimum Gasteiger partial charge on any atom is -0.480 e. The van der Waals surface area contributed by atoms with Crippen molar-refractivity contribution in [3.05, 3.63) is 35.4 Å². The predicted molar refractivity (Wildman–Crippen MR) is 99.4 cm³/mol. The number of aliphatic carboxylic acids is 1. The average Bonchev–Trinajstić information content (AvgIpc) is 2.59. The number of carbonyl (C=O) groups excluding carboxylic acids is 1.